The molecule has 0 radical (unpaired) electrons. The molecule has 0 aliphatic heterocycles. The predicted octanol–water partition coefficient (Wildman–Crippen LogP) is 2.32. The molecule has 1 N–H and O–H groups in total. The van der Waals surface area contributed by atoms with Crippen LogP contribution in [0.2, 0.25) is 0 Å². The van der Waals surface area contributed by atoms with Crippen LogP contribution >= 0.6 is 0 Å². The van der Waals surface area contributed by atoms with Gasteiger partial charge in [0.1, 0.15) is 0 Å². The number of hydrogen-bond acceptors (Lipinski definition) is 3. The topological polar surface area (TPSA) is 63.6 Å². The smallest absolute Gasteiger partial charge is 0.309 e. The normalized spacial score (nSPS) is 13.7. The molecule has 0 saturated heterocycles. The van der Waals surface area contributed by atoms with Crippen molar-refractivity contribution in [1.82, 2.24) is 0 Å². The van der Waals surface area contributed by atoms with Gasteiger partial charge < -0.3 is 9.84 Å². The van der Waals surface area contributed by atoms with Crippen LogP contribution in [-0.2, 0) is 14.3 Å². The van der Waals surface area contributed by atoms with Crippen LogP contribution in [-0.4, -0.2) is 24.2 Å². The van der Waals surface area contributed by atoms with Crippen molar-refractivity contribution in [3.63, 3.8) is 0 Å². The molecule has 0 saturated carbocycles. The van der Waals surface area contributed by atoms with Gasteiger partial charge in [-0.15, -0.1) is 0 Å². The number of ether oxygens (including phenoxy) is 1. The molecule has 4 nitrogen and oxygen atoms in total. The molecule has 0 heterocycles. The Labute approximate surface area is 97.0 Å². The van der Waals surface area contributed by atoms with Gasteiger partial charge in [-0.2, -0.15) is 0 Å². The minimum Gasteiger partial charge on any atom is -0.481 e. The van der Waals surface area contributed by atoms with Gasteiger partial charge in [-0.3, -0.25) is 9.59 Å². The number of carboxylic acids is 1. The molecule has 2 atom stereocenters. The Morgan fingerprint density at radius 3 is 2.06 bits per heavy atom. The summed E-state index contributed by atoms with van der Waals surface area (Å²) in [5.41, 5.74) is 0. The monoisotopic (exact) mass is 487 g/mol. The van der Waals surface area contributed by atoms with Gasteiger partial charge in [0.15, 0.2) is 0 Å². The number of carboxylic acid groups (broad SMARTS) is 1. The average Bonchev–Trinajstić information content (AvgIpc) is 2.21. The van der Waals surface area contributed by atoms with Gasteiger partial charge >= 0.3 is 11.9 Å². The quantitative estimate of drug-likeness (QED) is 0.561. The predicted molar refractivity (Wildman–Crippen MR) is 61.0 cm³/mol. The summed E-state index contributed by atoms with van der Waals surface area (Å²) in [4.78, 5) is 22.7. The number of rotatable bonds is 7. The number of esters is 1. The molecule has 0 aromatic rings. The van der Waals surface area contributed by atoms with Crippen LogP contribution in [0.5, 0.6) is 0 Å². The van der Waals surface area contributed by atoms with Crippen molar-refractivity contribution in [2.45, 2.75) is 40.0 Å². The van der Waals surface area contributed by atoms with Gasteiger partial charge in [0.05, 0.1) is 18.9 Å². The van der Waals surface area contributed by atoms with Gasteiger partial charge in [-0.25, -0.2) is 0 Å². The minimum atomic E-state index is -0.905. The van der Waals surface area contributed by atoms with E-state index in [0.717, 1.165) is 6.42 Å². The summed E-state index contributed by atoms with van der Waals surface area (Å²) in [6, 6.07) is 0. The van der Waals surface area contributed by atoms with Crippen molar-refractivity contribution in [3.05, 3.63) is 0 Å². The van der Waals surface area contributed by atoms with Crippen LogP contribution in [0.1, 0.15) is 40.0 Å². The van der Waals surface area contributed by atoms with E-state index in [1.165, 1.54) is 7.11 Å². The zero-order valence-electron chi connectivity index (χ0n) is 10.8. The van der Waals surface area contributed by atoms with Crippen molar-refractivity contribution < 1.29 is 19.4 Å². The molecule has 0 amide bonds. The summed E-state index contributed by atoms with van der Waals surface area (Å²) < 4.78 is 4.68. The maximum absolute atomic E-state index is 11.5. The molecule has 0 aliphatic rings. The number of methoxy groups -OCH3 is 1. The van der Waals surface area contributed by atoms with E-state index in [1.54, 1.807) is 0 Å². The van der Waals surface area contributed by atoms with Crippen LogP contribution in [0.4, 0.5) is 0 Å². The van der Waals surface area contributed by atoms with E-state index in [4.69, 9.17) is 5.11 Å². The summed E-state index contributed by atoms with van der Waals surface area (Å²) in [6.45, 7) is 5.84. The molecule has 0 fully saturated rings. The second-order valence-corrected chi connectivity index (χ2v) is 4.49. The van der Waals surface area contributed by atoms with Gasteiger partial charge in [0.25, 0.3) is 0 Å². The number of carbonyl (C=O) groups is 2. The Kier molecular flexibility index (Phi) is 8.30. The summed E-state index contributed by atoms with van der Waals surface area (Å²) in [5.74, 6) is -2.21. The molecule has 17 heavy (non-hydrogen) atoms. The molecule has 0 aromatic carbocycles. The Hall–Kier alpha value is -2.06. The molecule has 0 spiro atoms. The van der Waals surface area contributed by atoms with E-state index in [9.17, 15) is 9.59 Å². The SMILES string of the molecule is CCC[C@H](C(=O)OC)[C@@H](CC(C)C)C(=O)O.[Fm]. The van der Waals surface area contributed by atoms with E-state index >= 15 is 0 Å². The molecular formula is C12H22FmO4. The number of hydrogen-bond donors (Lipinski definition) is 1. The Bertz CT molecular complexity index is 241. The summed E-state index contributed by atoms with van der Waals surface area (Å²) >= 11 is 0. The maximum Gasteiger partial charge on any atom is 0.309 e. The van der Waals surface area contributed by atoms with Crippen LogP contribution in [0.25, 0.3) is 0 Å². The van der Waals surface area contributed by atoms with Crippen molar-refractivity contribution in [2.24, 2.45) is 17.8 Å². The van der Waals surface area contributed by atoms with Crippen molar-refractivity contribution in [3.8, 4) is 0 Å². The summed E-state index contributed by atoms with van der Waals surface area (Å²) in [7, 11) is 1.30. The van der Waals surface area contributed by atoms with Gasteiger partial charge in [-0.05, 0) is 18.8 Å². The van der Waals surface area contributed by atoms with E-state index in [1.807, 2.05) is 20.8 Å². The van der Waals surface area contributed by atoms with Crippen LogP contribution in [0.15, 0.2) is 0 Å². The first-order valence-corrected chi connectivity index (χ1v) is 5.74. The van der Waals surface area contributed by atoms with Crippen molar-refractivity contribution >= 4 is 11.9 Å². The molecule has 0 aliphatic carbocycles. The minimum absolute atomic E-state index is 0. The number of carbonyl (C=O) groups excluding carboxylic acids is 1. The van der Waals surface area contributed by atoms with Crippen molar-refractivity contribution in [2.75, 3.05) is 7.11 Å². The third-order valence-corrected chi connectivity index (χ3v) is 2.63. The largest absolute Gasteiger partial charge is 0.481 e. The summed E-state index contributed by atoms with van der Waals surface area (Å²) in [5, 5.41) is 9.16. The van der Waals surface area contributed by atoms with E-state index in [2.05, 4.69) is 4.74 Å². The third kappa shape index (κ3) is 5.54. The van der Waals surface area contributed by atoms with Gasteiger partial charge in [0, 0.05) is 0 Å². The van der Waals surface area contributed by atoms with Crippen LogP contribution in [0, 0.1) is 17.8 Å². The fourth-order valence-electron chi connectivity index (χ4n) is 1.89. The zero-order valence-corrected chi connectivity index (χ0v) is 13.2. The Morgan fingerprint density at radius 1 is 1.24 bits per heavy atom. The average molecular weight is 487 g/mol. The van der Waals surface area contributed by atoms with Crippen molar-refractivity contribution in [1.29, 1.82) is 0 Å². The third-order valence-electron chi connectivity index (χ3n) is 2.63. The van der Waals surface area contributed by atoms with E-state index in [0.29, 0.717) is 12.8 Å². The molecule has 0 rings (SSSR count). The standard InChI is InChI=1S/C12H22O4.Fm/c1-5-6-9(12(15)16-4)10(11(13)14)7-8(2)3;/h8-10H,5-7H2,1-4H3,(H,13,14);/t9-,10+;/m0./s1. The van der Waals surface area contributed by atoms with Gasteiger partial charge in [-0.1, -0.05) is 27.2 Å². The fourth-order valence-corrected chi connectivity index (χ4v) is 1.89. The molecule has 0 unspecified atom stereocenters. The second-order valence-electron chi connectivity index (χ2n) is 4.49. The van der Waals surface area contributed by atoms with E-state index in [-0.39, 0.29) is 5.92 Å². The van der Waals surface area contributed by atoms with E-state index < -0.39 is 23.8 Å². The zero-order chi connectivity index (χ0) is 12.7. The number of aliphatic carboxylic acids is 1. The van der Waals surface area contributed by atoms with Crippen LogP contribution in [0.3, 0.4) is 0 Å². The molecule has 106 valence electrons. The second kappa shape index (κ2) is 8.13. The maximum atomic E-state index is 11.5. The molecular weight excluding hydrogens is 465 g/mol. The summed E-state index contributed by atoms with van der Waals surface area (Å²) in [6.07, 6.45) is 1.85. The molecule has 0 aromatic heterocycles. The van der Waals surface area contributed by atoms with Crippen LogP contribution < -0.4 is 0 Å². The Balaban J connectivity index is 0. The first-order chi connectivity index (χ1) is 7.43. The molecule has 0 bridgehead atoms. The Morgan fingerprint density at radius 2 is 1.76 bits per heavy atom. The first kappa shape index (κ1) is 17.3. The fraction of sp³-hybridized carbons (Fsp3) is 0.833. The first-order valence-electron chi connectivity index (χ1n) is 5.74. The molecule has 5 heteroatoms. The van der Waals surface area contributed by atoms with Gasteiger partial charge in [0.2, 0.25) is 0 Å².